The number of carbonyl (C=O) groups is 1. The first kappa shape index (κ1) is 15.7. The maximum atomic E-state index is 12.8. The molecule has 0 aliphatic heterocycles. The Kier molecular flexibility index (Phi) is 4.70. The van der Waals surface area contributed by atoms with Gasteiger partial charge in [0.15, 0.2) is 0 Å². The fourth-order valence-corrected chi connectivity index (χ4v) is 2.82. The lowest BCUT2D eigenvalue weighted by Crippen LogP contribution is -2.41. The van der Waals surface area contributed by atoms with Crippen LogP contribution >= 0.6 is 0 Å². The molecule has 0 atom stereocenters. The van der Waals surface area contributed by atoms with Crippen molar-refractivity contribution in [3.63, 3.8) is 0 Å². The third kappa shape index (κ3) is 3.95. The van der Waals surface area contributed by atoms with Gasteiger partial charge in [0.1, 0.15) is 11.5 Å². The summed E-state index contributed by atoms with van der Waals surface area (Å²) in [6, 6.07) is 14.4. The molecule has 1 aromatic carbocycles. The Morgan fingerprint density at radius 2 is 1.91 bits per heavy atom. The molecule has 0 spiro atoms. The van der Waals surface area contributed by atoms with Crippen molar-refractivity contribution in [2.45, 2.75) is 39.3 Å². The van der Waals surface area contributed by atoms with Gasteiger partial charge in [-0.05, 0) is 51.0 Å². The van der Waals surface area contributed by atoms with Crippen LogP contribution in [0.15, 0.2) is 46.9 Å². The van der Waals surface area contributed by atoms with Gasteiger partial charge in [-0.2, -0.15) is 0 Å². The molecule has 3 rings (SSSR count). The van der Waals surface area contributed by atoms with E-state index in [1.54, 1.807) is 0 Å². The number of hydrogen-bond acceptors (Lipinski definition) is 3. The molecular formula is C19H24N2O2. The number of anilines is 1. The van der Waals surface area contributed by atoms with Crippen LogP contribution in [0.1, 0.15) is 31.3 Å². The molecular weight excluding hydrogens is 288 g/mol. The highest BCUT2D eigenvalue weighted by molar-refractivity contribution is 5.82. The molecule has 1 aromatic heterocycles. The molecule has 0 N–H and O–H groups in total. The molecule has 0 unspecified atom stereocenters. The molecule has 1 fully saturated rings. The molecule has 0 radical (unpaired) electrons. The van der Waals surface area contributed by atoms with Crippen LogP contribution in [0.4, 0.5) is 5.69 Å². The van der Waals surface area contributed by atoms with E-state index in [0.717, 1.165) is 36.6 Å². The largest absolute Gasteiger partial charge is 0.464 e. The Bertz CT molecular complexity index is 646. The topological polar surface area (TPSA) is 36.7 Å². The van der Waals surface area contributed by atoms with E-state index in [4.69, 9.17) is 4.42 Å². The van der Waals surface area contributed by atoms with E-state index in [2.05, 4.69) is 11.8 Å². The lowest BCUT2D eigenvalue weighted by molar-refractivity contribution is -0.131. The highest BCUT2D eigenvalue weighted by Gasteiger charge is 2.33. The van der Waals surface area contributed by atoms with Crippen molar-refractivity contribution in [2.24, 2.45) is 0 Å². The second-order valence-electron chi connectivity index (χ2n) is 6.11. The molecule has 1 heterocycles. The second-order valence-corrected chi connectivity index (χ2v) is 6.11. The summed E-state index contributed by atoms with van der Waals surface area (Å²) in [5.74, 6) is 1.93. The summed E-state index contributed by atoms with van der Waals surface area (Å²) < 4.78 is 5.65. The summed E-state index contributed by atoms with van der Waals surface area (Å²) in [7, 11) is 0. The standard InChI is InChI=1S/C19H24N2O2/c1-3-20(16-7-5-4-6-8-16)14-19(22)21(17-10-11-17)13-18-12-9-15(2)23-18/h4-9,12,17H,3,10-11,13-14H2,1-2H3. The minimum atomic E-state index is 0.173. The average molecular weight is 312 g/mol. The van der Waals surface area contributed by atoms with Crippen molar-refractivity contribution < 1.29 is 9.21 Å². The lowest BCUT2D eigenvalue weighted by Gasteiger charge is -2.27. The smallest absolute Gasteiger partial charge is 0.242 e. The Morgan fingerprint density at radius 1 is 1.17 bits per heavy atom. The van der Waals surface area contributed by atoms with Gasteiger partial charge in [0.05, 0.1) is 13.1 Å². The minimum absolute atomic E-state index is 0.173. The number of para-hydroxylation sites is 1. The van der Waals surface area contributed by atoms with Crippen LogP contribution in [0.3, 0.4) is 0 Å². The van der Waals surface area contributed by atoms with E-state index in [0.29, 0.717) is 19.1 Å². The Labute approximate surface area is 137 Å². The summed E-state index contributed by atoms with van der Waals surface area (Å²) in [6.07, 6.45) is 2.20. The van der Waals surface area contributed by atoms with E-state index < -0.39 is 0 Å². The Balaban J connectivity index is 1.68. The average Bonchev–Trinajstić information content (AvgIpc) is 3.33. The first-order valence-electron chi connectivity index (χ1n) is 8.32. The molecule has 0 bridgehead atoms. The van der Waals surface area contributed by atoms with Gasteiger partial charge >= 0.3 is 0 Å². The van der Waals surface area contributed by atoms with Crippen LogP contribution in [0.5, 0.6) is 0 Å². The van der Waals surface area contributed by atoms with Crippen molar-refractivity contribution in [3.05, 3.63) is 54.0 Å². The second kappa shape index (κ2) is 6.90. The molecule has 1 saturated carbocycles. The van der Waals surface area contributed by atoms with E-state index in [1.807, 2.05) is 54.3 Å². The highest BCUT2D eigenvalue weighted by Crippen LogP contribution is 2.29. The Hall–Kier alpha value is -2.23. The van der Waals surface area contributed by atoms with Crippen molar-refractivity contribution >= 4 is 11.6 Å². The van der Waals surface area contributed by atoms with Crippen LogP contribution in [0, 0.1) is 6.92 Å². The van der Waals surface area contributed by atoms with Gasteiger partial charge in [-0.25, -0.2) is 0 Å². The molecule has 122 valence electrons. The first-order chi connectivity index (χ1) is 11.2. The van der Waals surface area contributed by atoms with E-state index in [-0.39, 0.29) is 5.91 Å². The van der Waals surface area contributed by atoms with Crippen LogP contribution in [-0.4, -0.2) is 29.9 Å². The van der Waals surface area contributed by atoms with Crippen LogP contribution in [0.2, 0.25) is 0 Å². The van der Waals surface area contributed by atoms with Crippen molar-refractivity contribution in [1.29, 1.82) is 0 Å². The van der Waals surface area contributed by atoms with Gasteiger partial charge in [0.2, 0.25) is 5.91 Å². The molecule has 23 heavy (non-hydrogen) atoms. The van der Waals surface area contributed by atoms with Gasteiger partial charge < -0.3 is 14.2 Å². The van der Waals surface area contributed by atoms with Gasteiger partial charge in [0, 0.05) is 18.3 Å². The summed E-state index contributed by atoms with van der Waals surface area (Å²) in [6.45, 7) is 5.81. The molecule has 1 aliphatic carbocycles. The number of hydrogen-bond donors (Lipinski definition) is 0. The van der Waals surface area contributed by atoms with Crippen molar-refractivity contribution in [2.75, 3.05) is 18.0 Å². The molecule has 1 amide bonds. The van der Waals surface area contributed by atoms with Crippen LogP contribution < -0.4 is 4.90 Å². The van der Waals surface area contributed by atoms with Gasteiger partial charge in [0.25, 0.3) is 0 Å². The summed E-state index contributed by atoms with van der Waals surface area (Å²) in [5, 5.41) is 0. The third-order valence-corrected chi connectivity index (χ3v) is 4.26. The van der Waals surface area contributed by atoms with E-state index in [1.165, 1.54) is 0 Å². The Morgan fingerprint density at radius 3 is 2.48 bits per heavy atom. The van der Waals surface area contributed by atoms with Crippen LogP contribution in [0.25, 0.3) is 0 Å². The molecule has 1 aliphatic rings. The predicted octanol–water partition coefficient (Wildman–Crippen LogP) is 3.61. The fourth-order valence-electron chi connectivity index (χ4n) is 2.82. The quantitative estimate of drug-likeness (QED) is 0.784. The summed E-state index contributed by atoms with van der Waals surface area (Å²) >= 11 is 0. The number of rotatable bonds is 7. The molecule has 4 heteroatoms. The number of aryl methyl sites for hydroxylation is 1. The zero-order chi connectivity index (χ0) is 16.2. The normalized spacial score (nSPS) is 13.8. The maximum Gasteiger partial charge on any atom is 0.242 e. The van der Waals surface area contributed by atoms with Gasteiger partial charge in [-0.15, -0.1) is 0 Å². The monoisotopic (exact) mass is 312 g/mol. The first-order valence-corrected chi connectivity index (χ1v) is 8.32. The maximum absolute atomic E-state index is 12.8. The van der Waals surface area contributed by atoms with Gasteiger partial charge in [-0.1, -0.05) is 18.2 Å². The SMILES string of the molecule is CCN(CC(=O)N(Cc1ccc(C)o1)C1CC1)c1ccccc1. The third-order valence-electron chi connectivity index (χ3n) is 4.26. The zero-order valence-corrected chi connectivity index (χ0v) is 13.9. The number of nitrogens with zero attached hydrogens (tertiary/aromatic N) is 2. The zero-order valence-electron chi connectivity index (χ0n) is 13.9. The molecule has 0 saturated heterocycles. The highest BCUT2D eigenvalue weighted by atomic mass is 16.3. The number of furan rings is 1. The molecule has 2 aromatic rings. The lowest BCUT2D eigenvalue weighted by atomic mass is 10.2. The van der Waals surface area contributed by atoms with Gasteiger partial charge in [-0.3, -0.25) is 4.79 Å². The fraction of sp³-hybridized carbons (Fsp3) is 0.421. The number of benzene rings is 1. The van der Waals surface area contributed by atoms with Crippen molar-refractivity contribution in [3.8, 4) is 0 Å². The summed E-state index contributed by atoms with van der Waals surface area (Å²) in [5.41, 5.74) is 1.09. The predicted molar refractivity (Wildman–Crippen MR) is 91.3 cm³/mol. The number of amides is 1. The molecule has 4 nitrogen and oxygen atoms in total. The number of carbonyl (C=O) groups excluding carboxylic acids is 1. The van der Waals surface area contributed by atoms with Crippen LogP contribution in [-0.2, 0) is 11.3 Å². The summed E-state index contributed by atoms with van der Waals surface area (Å²) in [4.78, 5) is 16.9. The number of likely N-dealkylation sites (N-methyl/N-ethyl adjacent to an activating group) is 1. The van der Waals surface area contributed by atoms with Crippen molar-refractivity contribution in [1.82, 2.24) is 4.90 Å². The van der Waals surface area contributed by atoms with E-state index >= 15 is 0 Å². The minimum Gasteiger partial charge on any atom is -0.464 e. The van der Waals surface area contributed by atoms with E-state index in [9.17, 15) is 4.79 Å².